The van der Waals surface area contributed by atoms with E-state index in [0.717, 1.165) is 20.8 Å². The quantitative estimate of drug-likeness (QED) is 0.587. The third-order valence-electron chi connectivity index (χ3n) is 4.35. The molecule has 2 aromatic carbocycles. The molecule has 0 saturated carbocycles. The Labute approximate surface area is 165 Å². The molecule has 0 saturated heterocycles. The van der Waals surface area contributed by atoms with Crippen molar-refractivity contribution in [2.75, 3.05) is 7.11 Å². The number of hydrogen-bond acceptors (Lipinski definition) is 4. The van der Waals surface area contributed by atoms with Crippen LogP contribution in [0.1, 0.15) is 31.2 Å². The van der Waals surface area contributed by atoms with Gasteiger partial charge in [-0.3, -0.25) is 9.59 Å². The third-order valence-corrected chi connectivity index (χ3v) is 5.17. The lowest BCUT2D eigenvalue weighted by Crippen LogP contribution is -2.43. The Hall–Kier alpha value is -2.61. The molecule has 1 unspecified atom stereocenters. The predicted molar refractivity (Wildman–Crippen MR) is 105 cm³/mol. The molecule has 2 rings (SSSR count). The van der Waals surface area contributed by atoms with E-state index in [1.54, 1.807) is 14.0 Å². The zero-order valence-electron chi connectivity index (χ0n) is 15.0. The average Bonchev–Trinajstić information content (AvgIpc) is 2.63. The first-order chi connectivity index (χ1) is 12.7. The fourth-order valence-corrected chi connectivity index (χ4v) is 3.36. The monoisotopic (exact) mass is 436 g/mol. The van der Waals surface area contributed by atoms with Crippen LogP contribution in [0.4, 0.5) is 0 Å². The minimum Gasteiger partial charge on any atom is -0.496 e. The first-order valence-corrected chi connectivity index (χ1v) is 9.11. The summed E-state index contributed by atoms with van der Waals surface area (Å²) in [5.74, 6) is -2.10. The Morgan fingerprint density at radius 2 is 1.96 bits per heavy atom. The molecule has 0 radical (unpaired) electrons. The smallest absolute Gasteiger partial charge is 0.326 e. The molecule has 2 amide bonds. The van der Waals surface area contributed by atoms with E-state index in [1.807, 2.05) is 30.3 Å². The summed E-state index contributed by atoms with van der Waals surface area (Å²) in [5.41, 5.74) is 5.80. The van der Waals surface area contributed by atoms with Crippen molar-refractivity contribution in [3.8, 4) is 5.75 Å². The van der Waals surface area contributed by atoms with Crippen LogP contribution >= 0.6 is 15.9 Å². The molecule has 2 aromatic rings. The fraction of sp³-hybridized carbons (Fsp3) is 0.316. The minimum absolute atomic E-state index is 0.0480. The second-order valence-electron chi connectivity index (χ2n) is 6.19. The summed E-state index contributed by atoms with van der Waals surface area (Å²) in [7, 11) is 1.59. The topological polar surface area (TPSA) is 119 Å². The number of rotatable bonds is 8. The Morgan fingerprint density at radius 3 is 2.56 bits per heavy atom. The van der Waals surface area contributed by atoms with Crippen LogP contribution in [0.3, 0.4) is 0 Å². The number of nitrogens with one attached hydrogen (secondary N) is 1. The Morgan fingerprint density at radius 1 is 1.26 bits per heavy atom. The number of carboxylic acid groups (broad SMARTS) is 1. The van der Waals surface area contributed by atoms with Gasteiger partial charge >= 0.3 is 5.97 Å². The summed E-state index contributed by atoms with van der Waals surface area (Å²) in [6, 6.07) is 8.12. The second kappa shape index (κ2) is 8.85. The summed E-state index contributed by atoms with van der Waals surface area (Å²) in [6.07, 6.45) is -0.162. The van der Waals surface area contributed by atoms with Crippen LogP contribution in [-0.4, -0.2) is 36.0 Å². The number of carbonyl (C=O) groups excluding carboxylic acids is 2. The molecule has 0 bridgehead atoms. The van der Waals surface area contributed by atoms with Gasteiger partial charge in [0.15, 0.2) is 0 Å². The fourth-order valence-electron chi connectivity index (χ4n) is 2.71. The number of carboxylic acids is 1. The van der Waals surface area contributed by atoms with E-state index in [2.05, 4.69) is 21.2 Å². The molecular formula is C19H21BrN2O5. The van der Waals surface area contributed by atoms with Crippen LogP contribution in [0.25, 0.3) is 10.8 Å². The van der Waals surface area contributed by atoms with Gasteiger partial charge in [-0.2, -0.15) is 0 Å². The Kier molecular flexibility index (Phi) is 6.79. The van der Waals surface area contributed by atoms with Crippen molar-refractivity contribution in [1.29, 1.82) is 0 Å². The zero-order chi connectivity index (χ0) is 20.1. The van der Waals surface area contributed by atoms with Crippen molar-refractivity contribution in [3.63, 3.8) is 0 Å². The lowest BCUT2D eigenvalue weighted by Gasteiger charge is -2.18. The van der Waals surface area contributed by atoms with Crippen LogP contribution in [0.2, 0.25) is 0 Å². The van der Waals surface area contributed by atoms with Gasteiger partial charge in [0, 0.05) is 6.42 Å². The molecule has 0 fully saturated rings. The highest BCUT2D eigenvalue weighted by Crippen LogP contribution is 2.34. The first kappa shape index (κ1) is 20.7. The van der Waals surface area contributed by atoms with Gasteiger partial charge in [-0.15, -0.1) is 0 Å². The van der Waals surface area contributed by atoms with Crippen LogP contribution < -0.4 is 15.8 Å². The summed E-state index contributed by atoms with van der Waals surface area (Å²) < 4.78 is 6.10. The summed E-state index contributed by atoms with van der Waals surface area (Å²) in [6.45, 7) is 1.70. The number of aliphatic carboxylic acids is 1. The number of ether oxygens (including phenoxy) is 1. The highest BCUT2D eigenvalue weighted by Gasteiger charge is 2.24. The largest absolute Gasteiger partial charge is 0.496 e. The van der Waals surface area contributed by atoms with E-state index in [4.69, 9.17) is 10.5 Å². The van der Waals surface area contributed by atoms with Crippen LogP contribution in [-0.2, 0) is 14.4 Å². The van der Waals surface area contributed by atoms with Gasteiger partial charge in [-0.1, -0.05) is 24.3 Å². The maximum atomic E-state index is 12.5. The molecular weight excluding hydrogens is 416 g/mol. The molecule has 4 N–H and O–H groups in total. The maximum Gasteiger partial charge on any atom is 0.326 e. The first-order valence-electron chi connectivity index (χ1n) is 8.32. The van der Waals surface area contributed by atoms with E-state index in [1.165, 1.54) is 0 Å². The molecule has 7 nitrogen and oxygen atoms in total. The SMILES string of the molecule is COc1ccc2cc(C(C)C(=O)N[C@@H](CCC(N)=O)C(=O)O)ccc2c1Br. The maximum absolute atomic E-state index is 12.5. The summed E-state index contributed by atoms with van der Waals surface area (Å²) in [4.78, 5) is 34.7. The van der Waals surface area contributed by atoms with E-state index >= 15 is 0 Å². The van der Waals surface area contributed by atoms with Crippen molar-refractivity contribution in [1.82, 2.24) is 5.32 Å². The van der Waals surface area contributed by atoms with Gasteiger partial charge in [0.1, 0.15) is 11.8 Å². The van der Waals surface area contributed by atoms with E-state index in [0.29, 0.717) is 5.75 Å². The van der Waals surface area contributed by atoms with Crippen molar-refractivity contribution in [3.05, 3.63) is 40.4 Å². The van der Waals surface area contributed by atoms with Crippen LogP contribution in [0.15, 0.2) is 34.8 Å². The number of methoxy groups -OCH3 is 1. The second-order valence-corrected chi connectivity index (χ2v) is 6.98. The molecule has 27 heavy (non-hydrogen) atoms. The number of hydrogen-bond donors (Lipinski definition) is 3. The van der Waals surface area contributed by atoms with Crippen molar-refractivity contribution >= 4 is 44.5 Å². The Balaban J connectivity index is 2.20. The molecule has 144 valence electrons. The highest BCUT2D eigenvalue weighted by molar-refractivity contribution is 9.10. The van der Waals surface area contributed by atoms with Gasteiger partial charge in [0.05, 0.1) is 17.5 Å². The predicted octanol–water partition coefficient (Wildman–Crippen LogP) is 2.55. The minimum atomic E-state index is -1.20. The van der Waals surface area contributed by atoms with Crippen molar-refractivity contribution in [2.45, 2.75) is 31.7 Å². The number of benzene rings is 2. The van der Waals surface area contributed by atoms with Gasteiger partial charge in [-0.05, 0) is 51.7 Å². The molecule has 0 aliphatic rings. The number of amides is 2. The molecule has 0 aliphatic heterocycles. The Bertz CT molecular complexity index is 884. The molecule has 0 heterocycles. The van der Waals surface area contributed by atoms with E-state index in [-0.39, 0.29) is 12.8 Å². The number of primary amides is 1. The van der Waals surface area contributed by atoms with Crippen molar-refractivity contribution < 1.29 is 24.2 Å². The molecule has 8 heteroatoms. The van der Waals surface area contributed by atoms with Gasteiger partial charge in [0.2, 0.25) is 11.8 Å². The zero-order valence-corrected chi connectivity index (χ0v) is 16.6. The molecule has 0 spiro atoms. The van der Waals surface area contributed by atoms with Gasteiger partial charge in [-0.25, -0.2) is 4.79 Å². The number of carbonyl (C=O) groups is 3. The summed E-state index contributed by atoms with van der Waals surface area (Å²) >= 11 is 3.50. The number of fused-ring (bicyclic) bond motifs is 1. The average molecular weight is 437 g/mol. The number of halogens is 1. The van der Waals surface area contributed by atoms with Crippen LogP contribution in [0.5, 0.6) is 5.75 Å². The van der Waals surface area contributed by atoms with Gasteiger partial charge in [0.25, 0.3) is 0 Å². The van der Waals surface area contributed by atoms with E-state index < -0.39 is 29.7 Å². The van der Waals surface area contributed by atoms with Gasteiger partial charge < -0.3 is 20.9 Å². The van der Waals surface area contributed by atoms with Crippen molar-refractivity contribution in [2.24, 2.45) is 5.73 Å². The molecule has 0 aromatic heterocycles. The van der Waals surface area contributed by atoms with Crippen LogP contribution in [0, 0.1) is 0 Å². The third kappa shape index (κ3) is 4.97. The standard InChI is InChI=1S/C19H21BrN2O5/c1-10(18(24)22-14(19(25)26)6-8-16(21)23)11-3-5-13-12(9-11)4-7-15(27-2)17(13)20/h3-5,7,9-10,14H,6,8H2,1-2H3,(H2,21,23)(H,22,24)(H,25,26)/t10?,14-/m0/s1. The number of nitrogens with two attached hydrogens (primary N) is 1. The lowest BCUT2D eigenvalue weighted by molar-refractivity contribution is -0.142. The summed E-state index contributed by atoms with van der Waals surface area (Å²) in [5, 5.41) is 13.6. The molecule has 2 atom stereocenters. The lowest BCUT2D eigenvalue weighted by atomic mass is 9.96. The highest BCUT2D eigenvalue weighted by atomic mass is 79.9. The molecule has 0 aliphatic carbocycles. The van der Waals surface area contributed by atoms with E-state index in [9.17, 15) is 19.5 Å². The normalized spacial score (nSPS) is 13.0.